The van der Waals surface area contributed by atoms with Crippen LogP contribution < -0.4 is 4.72 Å². The Morgan fingerprint density at radius 3 is 2.19 bits per heavy atom. The third-order valence-electron chi connectivity index (χ3n) is 3.13. The molecular weight excluding hydrogens is 364 g/mol. The van der Waals surface area contributed by atoms with Gasteiger partial charge in [0.2, 0.25) is 0 Å². The van der Waals surface area contributed by atoms with Crippen molar-refractivity contribution in [2.24, 2.45) is 0 Å². The summed E-state index contributed by atoms with van der Waals surface area (Å²) in [5.41, 5.74) is 0.0396. The fourth-order valence-electron chi connectivity index (χ4n) is 1.89. The van der Waals surface area contributed by atoms with Gasteiger partial charge in [-0.1, -0.05) is 12.1 Å². The number of hydrogen-bond acceptors (Lipinski definition) is 7. The Hall–Kier alpha value is -3.60. The number of rotatable bonds is 6. The summed E-state index contributed by atoms with van der Waals surface area (Å²) in [6.07, 6.45) is 1.20. The molecular formula is C15H12N4O6S. The van der Waals surface area contributed by atoms with Crippen LogP contribution in [0.15, 0.2) is 53.9 Å². The summed E-state index contributed by atoms with van der Waals surface area (Å²) in [7, 11) is -4.05. The van der Waals surface area contributed by atoms with Crippen molar-refractivity contribution in [2.75, 3.05) is 0 Å². The number of amidine groups is 1. The molecule has 134 valence electrons. The molecule has 2 rings (SSSR count). The largest absolute Gasteiger partial charge is 0.283 e. The standard InChI is InChI=1S/C15H12N4O6S/c16-15(12-2-1-3-14(10-12)19(22)23)17-26(24,25)9-8-11-4-6-13(7-5-11)18(20)21/h1-10H,(H2,16,17)/b9-8+. The molecule has 0 bridgehead atoms. The van der Waals surface area contributed by atoms with E-state index in [2.05, 4.69) is 0 Å². The van der Waals surface area contributed by atoms with Crippen molar-refractivity contribution in [3.8, 4) is 0 Å². The first-order valence-corrected chi connectivity index (χ1v) is 8.51. The van der Waals surface area contributed by atoms with Crippen molar-refractivity contribution in [3.63, 3.8) is 0 Å². The summed E-state index contributed by atoms with van der Waals surface area (Å²) in [5, 5.41) is 29.8. The number of non-ortho nitro benzene ring substituents is 2. The van der Waals surface area contributed by atoms with Crippen LogP contribution in [0, 0.1) is 25.6 Å². The molecule has 0 saturated heterocycles. The van der Waals surface area contributed by atoms with E-state index >= 15 is 0 Å². The van der Waals surface area contributed by atoms with Crippen molar-refractivity contribution in [3.05, 3.63) is 85.3 Å². The van der Waals surface area contributed by atoms with E-state index in [9.17, 15) is 28.6 Å². The van der Waals surface area contributed by atoms with Gasteiger partial charge in [-0.05, 0) is 23.8 Å². The van der Waals surface area contributed by atoms with E-state index in [1.54, 1.807) is 0 Å². The molecule has 11 heteroatoms. The molecule has 0 amide bonds. The average Bonchev–Trinajstić information content (AvgIpc) is 2.60. The lowest BCUT2D eigenvalue weighted by Gasteiger charge is -2.06. The summed E-state index contributed by atoms with van der Waals surface area (Å²) in [6, 6.07) is 10.2. The topological polar surface area (TPSA) is 156 Å². The Kier molecular flexibility index (Phi) is 5.42. The predicted molar refractivity (Wildman–Crippen MR) is 94.1 cm³/mol. The van der Waals surface area contributed by atoms with Gasteiger partial charge in [-0.3, -0.25) is 30.4 Å². The second-order valence-corrected chi connectivity index (χ2v) is 6.55. The molecule has 0 fully saturated rings. The molecule has 10 nitrogen and oxygen atoms in total. The average molecular weight is 376 g/mol. The molecule has 0 heterocycles. The normalized spacial score (nSPS) is 11.2. The number of hydrogen-bond donors (Lipinski definition) is 2. The highest BCUT2D eigenvalue weighted by Crippen LogP contribution is 2.14. The predicted octanol–water partition coefficient (Wildman–Crippen LogP) is 2.42. The van der Waals surface area contributed by atoms with Gasteiger partial charge in [0.05, 0.1) is 15.3 Å². The third-order valence-corrected chi connectivity index (χ3v) is 4.12. The molecule has 2 aromatic rings. The first-order valence-electron chi connectivity index (χ1n) is 6.97. The minimum atomic E-state index is -4.05. The Morgan fingerprint density at radius 1 is 1.00 bits per heavy atom. The summed E-state index contributed by atoms with van der Waals surface area (Å²) in [6.45, 7) is 0. The molecule has 0 saturated carbocycles. The van der Waals surface area contributed by atoms with E-state index in [0.717, 1.165) is 11.5 Å². The van der Waals surface area contributed by atoms with Crippen LogP contribution in [-0.4, -0.2) is 24.1 Å². The molecule has 0 aliphatic rings. The smallest absolute Gasteiger partial charge is 0.270 e. The number of nitro benzene ring substituents is 2. The van der Waals surface area contributed by atoms with Crippen molar-refractivity contribution < 1.29 is 18.3 Å². The molecule has 2 N–H and O–H groups in total. The van der Waals surface area contributed by atoms with Crippen LogP contribution in [0.3, 0.4) is 0 Å². The molecule has 0 aliphatic heterocycles. The van der Waals surface area contributed by atoms with E-state index in [0.29, 0.717) is 5.56 Å². The molecule has 0 spiro atoms. The highest BCUT2D eigenvalue weighted by Gasteiger charge is 2.13. The maximum atomic E-state index is 12.0. The Morgan fingerprint density at radius 2 is 1.62 bits per heavy atom. The number of benzene rings is 2. The maximum absolute atomic E-state index is 12.0. The Balaban J connectivity index is 2.12. The summed E-state index contributed by atoms with van der Waals surface area (Å²) < 4.78 is 26.0. The van der Waals surface area contributed by atoms with Crippen LogP contribution in [0.25, 0.3) is 6.08 Å². The van der Waals surface area contributed by atoms with Gasteiger partial charge in [-0.15, -0.1) is 0 Å². The number of nitrogens with zero attached hydrogens (tertiary/aromatic N) is 2. The lowest BCUT2D eigenvalue weighted by molar-refractivity contribution is -0.385. The van der Waals surface area contributed by atoms with Crippen molar-refractivity contribution >= 4 is 33.3 Å². The molecule has 26 heavy (non-hydrogen) atoms. The Bertz CT molecular complexity index is 999. The first-order chi connectivity index (χ1) is 12.2. The SMILES string of the molecule is N=C(NS(=O)(=O)/C=C/c1ccc([N+](=O)[O-])cc1)c1cccc([N+](=O)[O-])c1. The lowest BCUT2D eigenvalue weighted by Crippen LogP contribution is -2.28. The van der Waals surface area contributed by atoms with E-state index in [-0.39, 0.29) is 16.9 Å². The second kappa shape index (κ2) is 7.53. The van der Waals surface area contributed by atoms with Gasteiger partial charge in [-0.2, -0.15) is 0 Å². The van der Waals surface area contributed by atoms with Gasteiger partial charge >= 0.3 is 0 Å². The molecule has 0 atom stereocenters. The van der Waals surface area contributed by atoms with Crippen LogP contribution in [0.2, 0.25) is 0 Å². The Labute approximate surface area is 147 Å². The zero-order chi connectivity index (χ0) is 19.3. The van der Waals surface area contributed by atoms with Gasteiger partial charge in [0, 0.05) is 29.8 Å². The molecule has 0 unspecified atom stereocenters. The zero-order valence-electron chi connectivity index (χ0n) is 13.0. The molecule has 2 aromatic carbocycles. The van der Waals surface area contributed by atoms with Gasteiger partial charge < -0.3 is 0 Å². The molecule has 0 aliphatic carbocycles. The van der Waals surface area contributed by atoms with E-state index < -0.39 is 25.7 Å². The fraction of sp³-hybridized carbons (Fsp3) is 0. The monoisotopic (exact) mass is 376 g/mol. The zero-order valence-corrected chi connectivity index (χ0v) is 13.8. The quantitative estimate of drug-likeness (QED) is 0.341. The van der Waals surface area contributed by atoms with Crippen molar-refractivity contribution in [1.29, 1.82) is 5.41 Å². The second-order valence-electron chi connectivity index (χ2n) is 4.98. The highest BCUT2D eigenvalue weighted by atomic mass is 32.2. The third kappa shape index (κ3) is 4.95. The van der Waals surface area contributed by atoms with Gasteiger partial charge in [-0.25, -0.2) is 8.42 Å². The van der Waals surface area contributed by atoms with Crippen molar-refractivity contribution in [2.45, 2.75) is 0 Å². The van der Waals surface area contributed by atoms with Crippen LogP contribution in [0.5, 0.6) is 0 Å². The maximum Gasteiger partial charge on any atom is 0.270 e. The van der Waals surface area contributed by atoms with Crippen LogP contribution in [0.1, 0.15) is 11.1 Å². The van der Waals surface area contributed by atoms with Gasteiger partial charge in [0.25, 0.3) is 21.4 Å². The minimum Gasteiger partial charge on any atom is -0.283 e. The van der Waals surface area contributed by atoms with Crippen LogP contribution in [-0.2, 0) is 10.0 Å². The molecule has 0 aromatic heterocycles. The number of nitro groups is 2. The van der Waals surface area contributed by atoms with E-state index in [1.165, 1.54) is 48.5 Å². The number of sulfonamides is 1. The summed E-state index contributed by atoms with van der Waals surface area (Å²) in [4.78, 5) is 20.1. The van der Waals surface area contributed by atoms with Gasteiger partial charge in [0.15, 0.2) is 0 Å². The first kappa shape index (κ1) is 18.7. The van der Waals surface area contributed by atoms with E-state index in [1.807, 2.05) is 4.72 Å². The van der Waals surface area contributed by atoms with Crippen LogP contribution >= 0.6 is 0 Å². The van der Waals surface area contributed by atoms with E-state index in [4.69, 9.17) is 5.41 Å². The molecule has 0 radical (unpaired) electrons. The lowest BCUT2D eigenvalue weighted by atomic mass is 10.2. The van der Waals surface area contributed by atoms with Crippen LogP contribution in [0.4, 0.5) is 11.4 Å². The summed E-state index contributed by atoms with van der Waals surface area (Å²) in [5.74, 6) is -0.526. The minimum absolute atomic E-state index is 0.0338. The fourth-order valence-corrected chi connectivity index (χ4v) is 2.69. The highest BCUT2D eigenvalue weighted by molar-refractivity contribution is 7.93. The number of nitrogens with one attached hydrogen (secondary N) is 2. The van der Waals surface area contributed by atoms with Gasteiger partial charge in [0.1, 0.15) is 5.84 Å². The van der Waals surface area contributed by atoms with Crippen molar-refractivity contribution in [1.82, 2.24) is 4.72 Å². The summed E-state index contributed by atoms with van der Waals surface area (Å²) >= 11 is 0.